The molecule has 0 aliphatic carbocycles. The number of hydrogen-bond acceptors (Lipinski definition) is 3. The molecule has 0 bridgehead atoms. The van der Waals surface area contributed by atoms with E-state index in [4.69, 9.17) is 34.8 Å². The van der Waals surface area contributed by atoms with Gasteiger partial charge in [-0.2, -0.15) is 0 Å². The molecule has 1 aliphatic heterocycles. The number of halogens is 3. The summed E-state index contributed by atoms with van der Waals surface area (Å²) in [5, 5.41) is 7.91. The van der Waals surface area contributed by atoms with E-state index in [-0.39, 0.29) is 18.4 Å². The van der Waals surface area contributed by atoms with Crippen molar-refractivity contribution in [2.24, 2.45) is 5.92 Å². The lowest BCUT2D eigenvalue weighted by Crippen LogP contribution is -2.39. The Morgan fingerprint density at radius 3 is 2.19 bits per heavy atom. The molecular weight excluding hydrogens is 457 g/mol. The lowest BCUT2D eigenvalue weighted by Gasteiger charge is -2.28. The van der Waals surface area contributed by atoms with Crippen LogP contribution in [0.15, 0.2) is 72.8 Å². The van der Waals surface area contributed by atoms with Crippen molar-refractivity contribution in [3.8, 4) is 0 Å². The zero-order valence-electron chi connectivity index (χ0n) is 16.3. The number of anilines is 2. The molecule has 1 unspecified atom stereocenters. The Hall–Kier alpha value is -2.57. The molecule has 4 rings (SSSR count). The molecule has 1 aliphatic rings. The molecule has 2 amide bonds. The number of carbonyl (C=O) groups excluding carboxylic acids is 2. The van der Waals surface area contributed by atoms with Gasteiger partial charge in [-0.05, 0) is 66.2 Å². The second-order valence-electron chi connectivity index (χ2n) is 7.15. The van der Waals surface area contributed by atoms with Crippen LogP contribution in [0.3, 0.4) is 0 Å². The van der Waals surface area contributed by atoms with Gasteiger partial charge >= 0.3 is 0 Å². The van der Waals surface area contributed by atoms with E-state index in [1.807, 2.05) is 23.2 Å². The summed E-state index contributed by atoms with van der Waals surface area (Å²) in [6, 6.07) is 21.1. The third-order valence-electron chi connectivity index (χ3n) is 4.94. The molecule has 158 valence electrons. The van der Waals surface area contributed by atoms with E-state index in [2.05, 4.69) is 5.32 Å². The van der Waals surface area contributed by atoms with Gasteiger partial charge in [0.15, 0.2) is 0 Å². The third kappa shape index (κ3) is 5.02. The minimum atomic E-state index is -0.870. The largest absolute Gasteiger partial charge is 0.325 e. The summed E-state index contributed by atoms with van der Waals surface area (Å²) in [4.78, 5) is 26.2. The van der Waals surface area contributed by atoms with Gasteiger partial charge in [0.1, 0.15) is 5.92 Å². The first-order valence-corrected chi connectivity index (χ1v) is 10.7. The van der Waals surface area contributed by atoms with Crippen LogP contribution in [0.25, 0.3) is 0 Å². The van der Waals surface area contributed by atoms with E-state index in [1.165, 1.54) is 5.01 Å². The first-order chi connectivity index (χ1) is 14.9. The van der Waals surface area contributed by atoms with Crippen LogP contribution in [0.5, 0.6) is 0 Å². The van der Waals surface area contributed by atoms with Crippen LogP contribution in [0.4, 0.5) is 11.4 Å². The van der Waals surface area contributed by atoms with Gasteiger partial charge in [-0.25, -0.2) is 10.0 Å². The Morgan fingerprint density at radius 1 is 0.903 bits per heavy atom. The number of hydrazine groups is 1. The molecule has 0 saturated carbocycles. The monoisotopic (exact) mass is 473 g/mol. The molecule has 1 N–H and O–H groups in total. The Balaban J connectivity index is 1.60. The fourth-order valence-corrected chi connectivity index (χ4v) is 3.93. The topological polar surface area (TPSA) is 52.7 Å². The zero-order chi connectivity index (χ0) is 22.0. The standard InChI is InChI=1S/C23H18Cl3N3O2/c24-16-4-8-19(9-5-16)27-22(30)21-14-28(13-15-2-1-3-18(26)12-15)29(23(21)31)20-10-6-17(25)7-11-20/h1-12,21H,13-14H2,(H,27,30). The smallest absolute Gasteiger partial charge is 0.255 e. The molecule has 8 heteroatoms. The summed E-state index contributed by atoms with van der Waals surface area (Å²) in [6.45, 7) is 0.646. The quantitative estimate of drug-likeness (QED) is 0.485. The summed E-state index contributed by atoms with van der Waals surface area (Å²) < 4.78 is 0. The molecule has 3 aromatic carbocycles. The first kappa shape index (κ1) is 21.7. The molecule has 31 heavy (non-hydrogen) atoms. The van der Waals surface area contributed by atoms with Gasteiger partial charge in [-0.3, -0.25) is 9.59 Å². The van der Waals surface area contributed by atoms with Gasteiger partial charge in [0.05, 0.1) is 5.69 Å². The number of nitrogens with zero attached hydrogens (tertiary/aromatic N) is 2. The molecule has 1 atom stereocenters. The van der Waals surface area contributed by atoms with Crippen LogP contribution in [-0.2, 0) is 16.1 Å². The fraction of sp³-hybridized carbons (Fsp3) is 0.130. The number of hydrogen-bond donors (Lipinski definition) is 1. The van der Waals surface area contributed by atoms with Crippen LogP contribution in [0.2, 0.25) is 15.1 Å². The van der Waals surface area contributed by atoms with Crippen molar-refractivity contribution in [2.75, 3.05) is 16.9 Å². The van der Waals surface area contributed by atoms with Crippen molar-refractivity contribution < 1.29 is 9.59 Å². The van der Waals surface area contributed by atoms with Crippen molar-refractivity contribution in [3.05, 3.63) is 93.4 Å². The predicted molar refractivity (Wildman–Crippen MR) is 124 cm³/mol. The average molecular weight is 475 g/mol. The number of nitrogens with one attached hydrogen (secondary N) is 1. The second-order valence-corrected chi connectivity index (χ2v) is 8.46. The third-order valence-corrected chi connectivity index (χ3v) is 5.68. The normalized spacial score (nSPS) is 16.5. The second kappa shape index (κ2) is 9.28. The average Bonchev–Trinajstić information content (AvgIpc) is 3.06. The highest BCUT2D eigenvalue weighted by Gasteiger charge is 2.43. The molecular formula is C23H18Cl3N3O2. The lowest BCUT2D eigenvalue weighted by molar-refractivity contribution is -0.128. The van der Waals surface area contributed by atoms with Crippen molar-refractivity contribution >= 4 is 58.0 Å². The molecule has 0 radical (unpaired) electrons. The maximum Gasteiger partial charge on any atom is 0.255 e. The number of carbonyl (C=O) groups is 2. The van der Waals surface area contributed by atoms with Gasteiger partial charge in [0.25, 0.3) is 5.91 Å². The summed E-state index contributed by atoms with van der Waals surface area (Å²) in [5.41, 5.74) is 2.14. The van der Waals surface area contributed by atoms with Crippen molar-refractivity contribution in [1.29, 1.82) is 0 Å². The van der Waals surface area contributed by atoms with Crippen molar-refractivity contribution in [2.45, 2.75) is 6.54 Å². The maximum absolute atomic E-state index is 13.3. The highest BCUT2D eigenvalue weighted by molar-refractivity contribution is 6.31. The fourth-order valence-electron chi connectivity index (χ4n) is 3.47. The molecule has 5 nitrogen and oxygen atoms in total. The highest BCUT2D eigenvalue weighted by atomic mass is 35.5. The molecule has 1 saturated heterocycles. The van der Waals surface area contributed by atoms with E-state index in [0.717, 1.165) is 5.56 Å². The SMILES string of the molecule is O=C(Nc1ccc(Cl)cc1)C1CN(Cc2cccc(Cl)c2)N(c2ccc(Cl)cc2)C1=O. The van der Waals surface area contributed by atoms with E-state index in [9.17, 15) is 9.59 Å². The van der Waals surface area contributed by atoms with Crippen LogP contribution >= 0.6 is 34.8 Å². The van der Waals surface area contributed by atoms with Crippen LogP contribution < -0.4 is 10.3 Å². The minimum Gasteiger partial charge on any atom is -0.325 e. The number of benzene rings is 3. The van der Waals surface area contributed by atoms with Gasteiger partial charge in [-0.1, -0.05) is 46.9 Å². The van der Waals surface area contributed by atoms with Crippen molar-refractivity contribution in [1.82, 2.24) is 5.01 Å². The summed E-state index contributed by atoms with van der Waals surface area (Å²) in [7, 11) is 0. The van der Waals surface area contributed by atoms with E-state index in [1.54, 1.807) is 54.6 Å². The van der Waals surface area contributed by atoms with Gasteiger partial charge in [-0.15, -0.1) is 0 Å². The van der Waals surface area contributed by atoms with Crippen LogP contribution in [0, 0.1) is 5.92 Å². The Bertz CT molecular complexity index is 1100. The van der Waals surface area contributed by atoms with E-state index >= 15 is 0 Å². The van der Waals surface area contributed by atoms with Crippen LogP contribution in [-0.4, -0.2) is 23.4 Å². The molecule has 0 spiro atoms. The molecule has 3 aromatic rings. The van der Waals surface area contributed by atoms with Gasteiger partial charge in [0.2, 0.25) is 5.91 Å². The number of rotatable bonds is 5. The van der Waals surface area contributed by atoms with E-state index < -0.39 is 5.92 Å². The van der Waals surface area contributed by atoms with E-state index in [0.29, 0.717) is 33.0 Å². The highest BCUT2D eigenvalue weighted by Crippen LogP contribution is 2.30. The Morgan fingerprint density at radius 2 is 1.55 bits per heavy atom. The zero-order valence-corrected chi connectivity index (χ0v) is 18.5. The van der Waals surface area contributed by atoms with Crippen LogP contribution in [0.1, 0.15) is 5.56 Å². The summed E-state index contributed by atoms with van der Waals surface area (Å²) in [6.07, 6.45) is 0. The maximum atomic E-state index is 13.3. The molecule has 1 fully saturated rings. The lowest BCUT2D eigenvalue weighted by atomic mass is 10.1. The summed E-state index contributed by atoms with van der Waals surface area (Å²) in [5.74, 6) is -1.55. The Kier molecular flexibility index (Phi) is 6.49. The predicted octanol–water partition coefficient (Wildman–Crippen LogP) is 5.67. The summed E-state index contributed by atoms with van der Waals surface area (Å²) >= 11 is 18.0. The minimum absolute atomic E-state index is 0.230. The first-order valence-electron chi connectivity index (χ1n) is 9.56. The van der Waals surface area contributed by atoms with Crippen molar-refractivity contribution in [3.63, 3.8) is 0 Å². The Labute approximate surface area is 195 Å². The molecule has 0 aromatic heterocycles. The molecule has 1 heterocycles. The van der Waals surface area contributed by atoms with Gasteiger partial charge < -0.3 is 5.32 Å². The number of amides is 2. The van der Waals surface area contributed by atoms with Gasteiger partial charge in [0, 0.05) is 33.8 Å².